The molecule has 1 aromatic heterocycles. The predicted molar refractivity (Wildman–Crippen MR) is 95.4 cm³/mol. The molecule has 9 heteroatoms. The molecule has 0 aliphatic carbocycles. The van der Waals surface area contributed by atoms with E-state index in [9.17, 15) is 13.6 Å². The second kappa shape index (κ2) is 7.53. The summed E-state index contributed by atoms with van der Waals surface area (Å²) in [5, 5.41) is 2.23. The molecule has 1 unspecified atom stereocenters. The van der Waals surface area contributed by atoms with Gasteiger partial charge in [-0.15, -0.1) is 11.3 Å². The van der Waals surface area contributed by atoms with Gasteiger partial charge < -0.3 is 4.74 Å². The van der Waals surface area contributed by atoms with Crippen molar-refractivity contribution in [3.8, 4) is 0 Å². The third-order valence-electron chi connectivity index (χ3n) is 4.15. The maximum absolute atomic E-state index is 12.8. The van der Waals surface area contributed by atoms with E-state index < -0.39 is 23.1 Å². The van der Waals surface area contributed by atoms with Gasteiger partial charge in [0, 0.05) is 28.6 Å². The van der Waals surface area contributed by atoms with E-state index in [0.29, 0.717) is 19.5 Å². The second-order valence-corrected chi connectivity index (χ2v) is 7.47. The molecule has 1 aliphatic rings. The number of nitrogens with zero attached hydrogens (tertiary/aromatic N) is 1. The number of benzene rings is 1. The van der Waals surface area contributed by atoms with E-state index in [1.54, 1.807) is 40.5 Å². The van der Waals surface area contributed by atoms with Crippen LogP contribution in [-0.2, 0) is 43.8 Å². The minimum Gasteiger partial charge on any atom is -0.466 e. The van der Waals surface area contributed by atoms with Gasteiger partial charge in [0.05, 0.1) is 7.11 Å². The van der Waals surface area contributed by atoms with Crippen LogP contribution in [0.5, 0.6) is 0 Å². The third-order valence-corrected chi connectivity index (χ3v) is 5.88. The fourth-order valence-electron chi connectivity index (χ4n) is 3.04. The van der Waals surface area contributed by atoms with Crippen LogP contribution in [-0.4, -0.2) is 33.3 Å². The highest BCUT2D eigenvalue weighted by Gasteiger charge is 2.52. The van der Waals surface area contributed by atoms with Crippen LogP contribution in [0.3, 0.4) is 0 Å². The molecule has 134 valence electrons. The first-order valence-corrected chi connectivity index (χ1v) is 9.72. The number of methoxy groups -OCH3 is 1. The quantitative estimate of drug-likeness (QED) is 0.613. The van der Waals surface area contributed by atoms with Crippen LogP contribution in [0.15, 0.2) is 35.7 Å². The topological polar surface area (TPSA) is 76.1 Å². The summed E-state index contributed by atoms with van der Waals surface area (Å²) in [6, 6.07) is 8.55. The van der Waals surface area contributed by atoms with Gasteiger partial charge in [0.25, 0.3) is 5.72 Å². The van der Waals surface area contributed by atoms with Crippen LogP contribution in [0.4, 0.5) is 0 Å². The second-order valence-electron chi connectivity index (χ2n) is 5.46. The molecule has 1 aliphatic heterocycles. The summed E-state index contributed by atoms with van der Waals surface area (Å²) in [4.78, 5) is 15.7. The molecule has 3 rings (SSSR count). The zero-order chi connectivity index (χ0) is 18.0. The summed E-state index contributed by atoms with van der Waals surface area (Å²) < 4.78 is 31.2. The molecule has 0 amide bonds. The average molecular weight is 402 g/mol. The molecule has 2 atom stereocenters. The fraction of sp³-hybridized carbons (Fsp3) is 0.312. The molecule has 1 aromatic carbocycles. The number of hydrogen-bond donors (Lipinski definition) is 1. The molecule has 2 heterocycles. The number of ether oxygens (including phenoxy) is 1. The van der Waals surface area contributed by atoms with Gasteiger partial charge in [-0.25, -0.2) is 8.98 Å². The minimum absolute atomic E-state index is 0.245. The standard InChI is InChI=1S/C16H16ClNO5S2/c1-22-15(19)16(23-25(20)21,12-4-2-3-5-13(12)17)18-8-6-14-11(10-18)7-9-24-14/h2-5,7,9H,6,8,10H2,1H3,(H,20,21)/t16-/m0/s1. The first kappa shape index (κ1) is 18.5. The molecule has 0 saturated heterocycles. The molecular formula is C16H16ClNO5S2. The molecule has 1 N–H and O–H groups in total. The largest absolute Gasteiger partial charge is 0.466 e. The Bertz CT molecular complexity index is 811. The molecular weight excluding hydrogens is 386 g/mol. The lowest BCUT2D eigenvalue weighted by Gasteiger charge is -2.41. The van der Waals surface area contributed by atoms with E-state index in [1.807, 2.05) is 11.4 Å². The van der Waals surface area contributed by atoms with Crippen molar-refractivity contribution in [3.63, 3.8) is 0 Å². The lowest BCUT2D eigenvalue weighted by Crippen LogP contribution is -2.56. The number of fused-ring (bicyclic) bond motifs is 1. The number of rotatable bonds is 5. The first-order chi connectivity index (χ1) is 12.0. The van der Waals surface area contributed by atoms with Crippen LogP contribution in [0.25, 0.3) is 0 Å². The van der Waals surface area contributed by atoms with Gasteiger partial charge in [-0.3, -0.25) is 9.45 Å². The maximum atomic E-state index is 12.8. The monoisotopic (exact) mass is 401 g/mol. The highest BCUT2D eigenvalue weighted by molar-refractivity contribution is 7.74. The summed E-state index contributed by atoms with van der Waals surface area (Å²) in [7, 11) is 1.21. The van der Waals surface area contributed by atoms with Gasteiger partial charge in [-0.2, -0.15) is 4.21 Å². The summed E-state index contributed by atoms with van der Waals surface area (Å²) in [6.07, 6.45) is 0.692. The highest BCUT2D eigenvalue weighted by Crippen LogP contribution is 2.40. The van der Waals surface area contributed by atoms with Gasteiger partial charge in [0.1, 0.15) is 0 Å². The van der Waals surface area contributed by atoms with Crippen molar-refractivity contribution in [1.82, 2.24) is 4.90 Å². The van der Waals surface area contributed by atoms with Gasteiger partial charge in [0.2, 0.25) is 0 Å². The minimum atomic E-state index is -2.71. The van der Waals surface area contributed by atoms with E-state index in [-0.39, 0.29) is 10.6 Å². The normalized spacial score (nSPS) is 18.2. The first-order valence-electron chi connectivity index (χ1n) is 7.43. The Morgan fingerprint density at radius 2 is 2.16 bits per heavy atom. The number of hydrogen-bond acceptors (Lipinski definition) is 6. The Balaban J connectivity index is 2.15. The summed E-state index contributed by atoms with van der Waals surface area (Å²) in [5.41, 5.74) is -0.597. The molecule has 0 fully saturated rings. The number of thiophene rings is 1. The van der Waals surface area contributed by atoms with Crippen molar-refractivity contribution >= 4 is 40.3 Å². The Kier molecular flexibility index (Phi) is 5.57. The average Bonchev–Trinajstić information content (AvgIpc) is 3.07. The Morgan fingerprint density at radius 1 is 1.40 bits per heavy atom. The SMILES string of the molecule is COC(=O)[C@@](OS(=O)O)(c1ccccc1Cl)N1CCc2sccc2C1. The van der Waals surface area contributed by atoms with Crippen LogP contribution in [0.2, 0.25) is 5.02 Å². The molecule has 0 bridgehead atoms. The molecule has 0 spiro atoms. The summed E-state index contributed by atoms with van der Waals surface area (Å²) in [5.74, 6) is -0.804. The van der Waals surface area contributed by atoms with Crippen LogP contribution in [0, 0.1) is 0 Å². The van der Waals surface area contributed by atoms with Crippen molar-refractivity contribution in [2.24, 2.45) is 0 Å². The number of halogens is 1. The molecule has 0 saturated carbocycles. The van der Waals surface area contributed by atoms with Crippen molar-refractivity contribution in [2.75, 3.05) is 13.7 Å². The van der Waals surface area contributed by atoms with E-state index in [1.165, 1.54) is 12.0 Å². The third kappa shape index (κ3) is 3.38. The van der Waals surface area contributed by atoms with Gasteiger partial charge in [0.15, 0.2) is 0 Å². The van der Waals surface area contributed by atoms with Gasteiger partial charge >= 0.3 is 17.3 Å². The van der Waals surface area contributed by atoms with Gasteiger partial charge in [-0.05, 0) is 29.5 Å². The van der Waals surface area contributed by atoms with E-state index in [0.717, 1.165) is 5.56 Å². The van der Waals surface area contributed by atoms with Crippen LogP contribution >= 0.6 is 22.9 Å². The lowest BCUT2D eigenvalue weighted by molar-refractivity contribution is -0.184. The predicted octanol–water partition coefficient (Wildman–Crippen LogP) is 2.94. The summed E-state index contributed by atoms with van der Waals surface area (Å²) in [6.45, 7) is 0.821. The van der Waals surface area contributed by atoms with Crippen molar-refractivity contribution in [3.05, 3.63) is 56.7 Å². The molecule has 2 aromatic rings. The maximum Gasteiger partial charge on any atom is 0.360 e. The lowest BCUT2D eigenvalue weighted by atomic mass is 9.97. The van der Waals surface area contributed by atoms with Crippen molar-refractivity contribution in [2.45, 2.75) is 18.7 Å². The Labute approximate surface area is 156 Å². The van der Waals surface area contributed by atoms with Gasteiger partial charge in [-0.1, -0.05) is 29.8 Å². The number of esters is 1. The molecule has 6 nitrogen and oxygen atoms in total. The van der Waals surface area contributed by atoms with E-state index in [4.69, 9.17) is 20.5 Å². The van der Waals surface area contributed by atoms with Crippen LogP contribution in [0.1, 0.15) is 16.0 Å². The fourth-order valence-corrected chi connectivity index (χ4v) is 4.66. The van der Waals surface area contributed by atoms with Crippen molar-refractivity contribution in [1.29, 1.82) is 0 Å². The Hall–Kier alpha value is -1.29. The summed E-state index contributed by atoms with van der Waals surface area (Å²) >= 11 is 5.23. The van der Waals surface area contributed by atoms with Crippen molar-refractivity contribution < 1.29 is 22.5 Å². The molecule has 0 radical (unpaired) electrons. The zero-order valence-corrected chi connectivity index (χ0v) is 15.7. The number of carbonyl (C=O) groups is 1. The van der Waals surface area contributed by atoms with E-state index in [2.05, 4.69) is 0 Å². The van der Waals surface area contributed by atoms with E-state index >= 15 is 0 Å². The zero-order valence-electron chi connectivity index (χ0n) is 13.3. The Morgan fingerprint density at radius 3 is 2.84 bits per heavy atom. The van der Waals surface area contributed by atoms with Crippen LogP contribution < -0.4 is 0 Å². The smallest absolute Gasteiger partial charge is 0.360 e. The highest BCUT2D eigenvalue weighted by atomic mass is 35.5. The molecule has 25 heavy (non-hydrogen) atoms. The number of carbonyl (C=O) groups excluding carboxylic acids is 1.